The molecule has 1 aromatic rings. The number of carbonyl (C=O) groups excluding carboxylic acids is 1. The quantitative estimate of drug-likeness (QED) is 0.836. The van der Waals surface area contributed by atoms with E-state index in [1.54, 1.807) is 6.92 Å². The van der Waals surface area contributed by atoms with Crippen LogP contribution < -0.4 is 11.1 Å². The summed E-state index contributed by atoms with van der Waals surface area (Å²) in [5, 5.41) is 2.55. The highest BCUT2D eigenvalue weighted by molar-refractivity contribution is 6.31. The molecule has 1 unspecified atom stereocenters. The first-order valence-corrected chi connectivity index (χ1v) is 4.87. The third-order valence-corrected chi connectivity index (χ3v) is 2.00. The third-order valence-electron chi connectivity index (χ3n) is 1.71. The number of amides is 1. The van der Waals surface area contributed by atoms with E-state index < -0.39 is 5.82 Å². The number of hydrogen-bond acceptors (Lipinski definition) is 2. The van der Waals surface area contributed by atoms with E-state index in [4.69, 9.17) is 17.3 Å². The highest BCUT2D eigenvalue weighted by atomic mass is 35.5. The SMILES string of the molecule is CC(N)CC(=O)Nc1ccc(F)c(Cl)c1. The zero-order valence-electron chi connectivity index (χ0n) is 8.26. The van der Waals surface area contributed by atoms with Gasteiger partial charge in [0.25, 0.3) is 0 Å². The molecule has 3 nitrogen and oxygen atoms in total. The van der Waals surface area contributed by atoms with Crippen molar-refractivity contribution in [3.8, 4) is 0 Å². The Hall–Kier alpha value is -1.13. The van der Waals surface area contributed by atoms with Crippen LogP contribution in [0.1, 0.15) is 13.3 Å². The molecule has 0 fully saturated rings. The molecule has 0 aromatic heterocycles. The maximum Gasteiger partial charge on any atom is 0.225 e. The van der Waals surface area contributed by atoms with Crippen LogP contribution in [0.4, 0.5) is 10.1 Å². The van der Waals surface area contributed by atoms with Crippen molar-refractivity contribution >= 4 is 23.2 Å². The fourth-order valence-corrected chi connectivity index (χ4v) is 1.26. The third kappa shape index (κ3) is 3.85. The smallest absolute Gasteiger partial charge is 0.225 e. The van der Waals surface area contributed by atoms with Crippen molar-refractivity contribution in [2.75, 3.05) is 5.32 Å². The molecule has 1 aromatic carbocycles. The van der Waals surface area contributed by atoms with Gasteiger partial charge in [-0.05, 0) is 25.1 Å². The van der Waals surface area contributed by atoms with Crippen LogP contribution in [0.5, 0.6) is 0 Å². The van der Waals surface area contributed by atoms with Crippen LogP contribution in [0, 0.1) is 5.82 Å². The van der Waals surface area contributed by atoms with Gasteiger partial charge in [-0.2, -0.15) is 0 Å². The molecule has 0 bridgehead atoms. The van der Waals surface area contributed by atoms with Crippen molar-refractivity contribution in [1.82, 2.24) is 0 Å². The average molecular weight is 231 g/mol. The first-order chi connectivity index (χ1) is 6.99. The Bertz CT molecular complexity index is 368. The predicted octanol–water partition coefficient (Wildman–Crippen LogP) is 2.15. The first kappa shape index (κ1) is 11.9. The second kappa shape index (κ2) is 5.09. The molecule has 5 heteroatoms. The molecule has 1 atom stereocenters. The van der Waals surface area contributed by atoms with Crippen molar-refractivity contribution in [2.24, 2.45) is 5.73 Å². The van der Waals surface area contributed by atoms with Crippen molar-refractivity contribution in [3.63, 3.8) is 0 Å². The zero-order chi connectivity index (χ0) is 11.4. The van der Waals surface area contributed by atoms with E-state index in [9.17, 15) is 9.18 Å². The van der Waals surface area contributed by atoms with Gasteiger partial charge >= 0.3 is 0 Å². The van der Waals surface area contributed by atoms with Crippen molar-refractivity contribution in [3.05, 3.63) is 29.0 Å². The molecule has 3 N–H and O–H groups in total. The molecule has 0 aliphatic carbocycles. The van der Waals surface area contributed by atoms with E-state index in [0.717, 1.165) is 0 Å². The Morgan fingerprint density at radius 1 is 1.67 bits per heavy atom. The summed E-state index contributed by atoms with van der Waals surface area (Å²) in [4.78, 5) is 11.3. The molecular formula is C10H12ClFN2O. The van der Waals surface area contributed by atoms with E-state index in [2.05, 4.69) is 5.32 Å². The predicted molar refractivity (Wildman–Crippen MR) is 58.3 cm³/mol. The van der Waals surface area contributed by atoms with Crippen LogP contribution in [0.25, 0.3) is 0 Å². The maximum atomic E-state index is 12.8. The molecule has 1 amide bonds. The molecule has 0 aliphatic rings. The molecule has 0 radical (unpaired) electrons. The number of rotatable bonds is 3. The number of anilines is 1. The summed E-state index contributed by atoms with van der Waals surface area (Å²) in [6.07, 6.45) is 0.217. The minimum absolute atomic E-state index is 0.0198. The lowest BCUT2D eigenvalue weighted by Gasteiger charge is -2.07. The Balaban J connectivity index is 2.65. The van der Waals surface area contributed by atoms with Gasteiger partial charge in [-0.3, -0.25) is 4.79 Å². The van der Waals surface area contributed by atoms with E-state index in [1.807, 2.05) is 0 Å². The van der Waals surface area contributed by atoms with Crippen LogP contribution >= 0.6 is 11.6 Å². The van der Waals surface area contributed by atoms with Gasteiger partial charge in [-0.15, -0.1) is 0 Å². The van der Waals surface area contributed by atoms with Gasteiger partial charge in [0, 0.05) is 18.2 Å². The van der Waals surface area contributed by atoms with Crippen molar-refractivity contribution in [2.45, 2.75) is 19.4 Å². The summed E-state index contributed by atoms with van der Waals surface area (Å²) in [6.45, 7) is 1.73. The van der Waals surface area contributed by atoms with Gasteiger partial charge in [-0.1, -0.05) is 11.6 Å². The number of hydrogen-bond donors (Lipinski definition) is 2. The van der Waals surface area contributed by atoms with Gasteiger partial charge in [0.05, 0.1) is 5.02 Å². The summed E-state index contributed by atoms with van der Waals surface area (Å²) >= 11 is 5.55. The normalized spacial score (nSPS) is 12.3. The van der Waals surface area contributed by atoms with E-state index in [1.165, 1.54) is 18.2 Å². The van der Waals surface area contributed by atoms with Crippen molar-refractivity contribution in [1.29, 1.82) is 0 Å². The maximum absolute atomic E-state index is 12.8. The molecule has 1 rings (SSSR count). The van der Waals surface area contributed by atoms with Gasteiger partial charge in [0.15, 0.2) is 0 Å². The summed E-state index contributed by atoms with van der Waals surface area (Å²) in [5.74, 6) is -0.727. The topological polar surface area (TPSA) is 55.1 Å². The molecule has 0 saturated heterocycles. The standard InChI is InChI=1S/C10H12ClFN2O/c1-6(13)4-10(15)14-7-2-3-9(12)8(11)5-7/h2-3,5-6H,4,13H2,1H3,(H,14,15). The second-order valence-electron chi connectivity index (χ2n) is 3.36. The van der Waals surface area contributed by atoms with Crippen LogP contribution in [0.15, 0.2) is 18.2 Å². The Kier molecular flexibility index (Phi) is 4.05. The summed E-state index contributed by atoms with van der Waals surface area (Å²) < 4.78 is 12.8. The minimum atomic E-state index is -0.512. The Labute approximate surface area is 92.4 Å². The number of halogens is 2. The lowest BCUT2D eigenvalue weighted by Crippen LogP contribution is -2.23. The molecular weight excluding hydrogens is 219 g/mol. The number of nitrogens with two attached hydrogens (primary N) is 1. The molecule has 0 heterocycles. The van der Waals surface area contributed by atoms with Crippen LogP contribution in [-0.2, 0) is 4.79 Å². The number of carbonyl (C=O) groups is 1. The number of nitrogens with one attached hydrogen (secondary N) is 1. The fourth-order valence-electron chi connectivity index (χ4n) is 1.08. The largest absolute Gasteiger partial charge is 0.327 e. The monoisotopic (exact) mass is 230 g/mol. The van der Waals surface area contributed by atoms with Crippen molar-refractivity contribution < 1.29 is 9.18 Å². The number of benzene rings is 1. The van der Waals surface area contributed by atoms with Crippen LogP contribution in [0.2, 0.25) is 5.02 Å². The average Bonchev–Trinajstić information content (AvgIpc) is 2.10. The lowest BCUT2D eigenvalue weighted by atomic mass is 10.2. The van der Waals surface area contributed by atoms with E-state index >= 15 is 0 Å². The minimum Gasteiger partial charge on any atom is -0.327 e. The lowest BCUT2D eigenvalue weighted by molar-refractivity contribution is -0.116. The van der Waals surface area contributed by atoms with E-state index in [-0.39, 0.29) is 23.4 Å². The van der Waals surface area contributed by atoms with E-state index in [0.29, 0.717) is 5.69 Å². The van der Waals surface area contributed by atoms with Crippen LogP contribution in [-0.4, -0.2) is 11.9 Å². The van der Waals surface area contributed by atoms with Crippen LogP contribution in [0.3, 0.4) is 0 Å². The Morgan fingerprint density at radius 3 is 2.87 bits per heavy atom. The summed E-state index contributed by atoms with van der Waals surface area (Å²) in [5.41, 5.74) is 5.92. The van der Waals surface area contributed by atoms with Gasteiger partial charge in [-0.25, -0.2) is 4.39 Å². The summed E-state index contributed by atoms with van der Waals surface area (Å²) in [7, 11) is 0. The second-order valence-corrected chi connectivity index (χ2v) is 3.77. The highest BCUT2D eigenvalue weighted by Gasteiger charge is 2.06. The van der Waals surface area contributed by atoms with Gasteiger partial charge in [0.2, 0.25) is 5.91 Å². The molecule has 15 heavy (non-hydrogen) atoms. The Morgan fingerprint density at radius 2 is 2.33 bits per heavy atom. The fraction of sp³-hybridized carbons (Fsp3) is 0.300. The summed E-state index contributed by atoms with van der Waals surface area (Å²) in [6, 6.07) is 3.79. The highest BCUT2D eigenvalue weighted by Crippen LogP contribution is 2.19. The molecule has 0 aliphatic heterocycles. The molecule has 0 saturated carbocycles. The van der Waals surface area contributed by atoms with Gasteiger partial charge in [0.1, 0.15) is 5.82 Å². The van der Waals surface area contributed by atoms with Gasteiger partial charge < -0.3 is 11.1 Å². The first-order valence-electron chi connectivity index (χ1n) is 4.49. The molecule has 82 valence electrons. The zero-order valence-corrected chi connectivity index (χ0v) is 9.01. The molecule has 0 spiro atoms.